The van der Waals surface area contributed by atoms with Gasteiger partial charge in [-0.2, -0.15) is 0 Å². The molecule has 106 valence electrons. The first-order valence-electron chi connectivity index (χ1n) is 7.38. The van der Waals surface area contributed by atoms with Gasteiger partial charge in [-0.1, -0.05) is 23.8 Å². The summed E-state index contributed by atoms with van der Waals surface area (Å²) < 4.78 is 2.11. The standard InChI is InChI=1S/C17H18N4/c1-11-5-6-12(2)14(10-11)15-7-9-19-17-13-4-3-8-18-16(13)20-21(15)17/h3-6,8,10,15,19H,7,9H2,1-2H3. The first-order valence-corrected chi connectivity index (χ1v) is 7.38. The average molecular weight is 278 g/mol. The first-order chi connectivity index (χ1) is 10.2. The maximum atomic E-state index is 4.72. The number of anilines is 1. The third-order valence-electron chi connectivity index (χ3n) is 4.27. The lowest BCUT2D eigenvalue weighted by molar-refractivity contribution is 0.483. The molecule has 0 fully saturated rings. The summed E-state index contributed by atoms with van der Waals surface area (Å²) in [5.74, 6) is 1.09. The maximum Gasteiger partial charge on any atom is 0.183 e. The van der Waals surface area contributed by atoms with Crippen molar-refractivity contribution in [3.63, 3.8) is 0 Å². The summed E-state index contributed by atoms with van der Waals surface area (Å²) in [6.45, 7) is 5.29. The van der Waals surface area contributed by atoms with Crippen LogP contribution in [-0.2, 0) is 0 Å². The fourth-order valence-corrected chi connectivity index (χ4v) is 3.19. The molecule has 21 heavy (non-hydrogen) atoms. The topological polar surface area (TPSA) is 42.7 Å². The van der Waals surface area contributed by atoms with Crippen LogP contribution in [0.5, 0.6) is 0 Å². The van der Waals surface area contributed by atoms with E-state index in [0.717, 1.165) is 29.8 Å². The van der Waals surface area contributed by atoms with E-state index in [2.05, 4.69) is 53.1 Å². The predicted molar refractivity (Wildman–Crippen MR) is 84.7 cm³/mol. The van der Waals surface area contributed by atoms with Gasteiger partial charge in [-0.3, -0.25) is 0 Å². The molecule has 1 atom stereocenters. The molecule has 3 heterocycles. The van der Waals surface area contributed by atoms with E-state index in [9.17, 15) is 0 Å². The van der Waals surface area contributed by atoms with E-state index in [4.69, 9.17) is 5.10 Å². The fourth-order valence-electron chi connectivity index (χ4n) is 3.19. The van der Waals surface area contributed by atoms with Crippen LogP contribution in [0.3, 0.4) is 0 Å². The van der Waals surface area contributed by atoms with E-state index >= 15 is 0 Å². The van der Waals surface area contributed by atoms with Gasteiger partial charge in [0.25, 0.3) is 0 Å². The monoisotopic (exact) mass is 278 g/mol. The van der Waals surface area contributed by atoms with Gasteiger partial charge in [0, 0.05) is 12.7 Å². The molecule has 1 aromatic carbocycles. The Balaban J connectivity index is 1.92. The van der Waals surface area contributed by atoms with Gasteiger partial charge < -0.3 is 5.32 Å². The second kappa shape index (κ2) is 4.58. The van der Waals surface area contributed by atoms with Gasteiger partial charge in [0.2, 0.25) is 0 Å². The van der Waals surface area contributed by atoms with Gasteiger partial charge in [0.15, 0.2) is 5.65 Å². The molecule has 3 aromatic rings. The molecular formula is C17H18N4. The van der Waals surface area contributed by atoms with Crippen molar-refractivity contribution >= 4 is 16.9 Å². The summed E-state index contributed by atoms with van der Waals surface area (Å²) in [6, 6.07) is 11.0. The second-order valence-electron chi connectivity index (χ2n) is 5.76. The normalized spacial score (nSPS) is 17.5. The zero-order valence-electron chi connectivity index (χ0n) is 12.3. The SMILES string of the molecule is Cc1ccc(C)c(C2CCNc3c4cccnc4nn32)c1. The molecule has 0 aliphatic carbocycles. The summed E-state index contributed by atoms with van der Waals surface area (Å²) in [7, 11) is 0. The highest BCUT2D eigenvalue weighted by Gasteiger charge is 2.25. The quantitative estimate of drug-likeness (QED) is 0.741. The van der Waals surface area contributed by atoms with Crippen LogP contribution in [0.2, 0.25) is 0 Å². The molecule has 2 aromatic heterocycles. The number of nitrogens with zero attached hydrogens (tertiary/aromatic N) is 3. The van der Waals surface area contributed by atoms with Gasteiger partial charge >= 0.3 is 0 Å². The first kappa shape index (κ1) is 12.4. The number of aryl methyl sites for hydroxylation is 2. The largest absolute Gasteiger partial charge is 0.370 e. The van der Waals surface area contributed by atoms with Crippen LogP contribution in [0.15, 0.2) is 36.5 Å². The van der Waals surface area contributed by atoms with Crippen LogP contribution in [0.25, 0.3) is 11.0 Å². The van der Waals surface area contributed by atoms with Crippen molar-refractivity contribution < 1.29 is 0 Å². The van der Waals surface area contributed by atoms with E-state index in [-0.39, 0.29) is 6.04 Å². The zero-order chi connectivity index (χ0) is 14.4. The Morgan fingerprint density at radius 3 is 3.05 bits per heavy atom. The number of hydrogen-bond donors (Lipinski definition) is 1. The van der Waals surface area contributed by atoms with E-state index in [0.29, 0.717) is 0 Å². The van der Waals surface area contributed by atoms with Gasteiger partial charge in [-0.25, -0.2) is 9.67 Å². The Hall–Kier alpha value is -2.36. The highest BCUT2D eigenvalue weighted by atomic mass is 15.4. The van der Waals surface area contributed by atoms with Crippen LogP contribution in [0.1, 0.15) is 29.2 Å². The van der Waals surface area contributed by atoms with Gasteiger partial charge in [-0.05, 0) is 43.5 Å². The highest BCUT2D eigenvalue weighted by molar-refractivity contribution is 5.87. The summed E-state index contributed by atoms with van der Waals surface area (Å²) in [5.41, 5.74) is 4.80. The number of rotatable bonds is 1. The number of aromatic nitrogens is 3. The molecule has 1 aliphatic rings. The number of hydrogen-bond acceptors (Lipinski definition) is 3. The molecular weight excluding hydrogens is 260 g/mol. The minimum absolute atomic E-state index is 0.287. The van der Waals surface area contributed by atoms with E-state index in [1.165, 1.54) is 16.7 Å². The van der Waals surface area contributed by atoms with E-state index < -0.39 is 0 Å². The van der Waals surface area contributed by atoms with Gasteiger partial charge in [0.05, 0.1) is 11.4 Å². The number of fused-ring (bicyclic) bond motifs is 3. The number of benzene rings is 1. The smallest absolute Gasteiger partial charge is 0.183 e. The molecule has 0 bridgehead atoms. The molecule has 1 N–H and O–H groups in total. The molecule has 1 unspecified atom stereocenters. The van der Waals surface area contributed by atoms with Crippen LogP contribution < -0.4 is 5.32 Å². The van der Waals surface area contributed by atoms with Crippen LogP contribution in [0.4, 0.5) is 5.82 Å². The molecule has 4 nitrogen and oxygen atoms in total. The van der Waals surface area contributed by atoms with Crippen molar-refractivity contribution in [1.82, 2.24) is 14.8 Å². The second-order valence-corrected chi connectivity index (χ2v) is 5.76. The van der Waals surface area contributed by atoms with Crippen molar-refractivity contribution in [3.05, 3.63) is 53.2 Å². The lowest BCUT2D eigenvalue weighted by Gasteiger charge is -2.27. The summed E-state index contributed by atoms with van der Waals surface area (Å²) in [4.78, 5) is 4.38. The van der Waals surface area contributed by atoms with Crippen molar-refractivity contribution in [2.24, 2.45) is 0 Å². The summed E-state index contributed by atoms with van der Waals surface area (Å²) in [6.07, 6.45) is 2.85. The fraction of sp³-hybridized carbons (Fsp3) is 0.294. The van der Waals surface area contributed by atoms with E-state index in [1.54, 1.807) is 6.20 Å². The Morgan fingerprint density at radius 2 is 2.14 bits per heavy atom. The van der Waals surface area contributed by atoms with Crippen LogP contribution >= 0.6 is 0 Å². The summed E-state index contributed by atoms with van der Waals surface area (Å²) >= 11 is 0. The third-order valence-corrected chi connectivity index (χ3v) is 4.27. The van der Waals surface area contributed by atoms with Gasteiger partial charge in [0.1, 0.15) is 5.82 Å². The lowest BCUT2D eigenvalue weighted by atomic mass is 9.96. The summed E-state index contributed by atoms with van der Waals surface area (Å²) in [5, 5.41) is 9.31. The Labute approximate surface area is 123 Å². The average Bonchev–Trinajstić information content (AvgIpc) is 2.88. The van der Waals surface area contributed by atoms with Crippen LogP contribution in [-0.4, -0.2) is 21.3 Å². The molecule has 0 radical (unpaired) electrons. The van der Waals surface area contributed by atoms with Crippen molar-refractivity contribution in [1.29, 1.82) is 0 Å². The highest BCUT2D eigenvalue weighted by Crippen LogP contribution is 2.35. The molecule has 0 spiro atoms. The number of nitrogens with one attached hydrogen (secondary N) is 1. The third kappa shape index (κ3) is 1.90. The number of pyridine rings is 1. The maximum absolute atomic E-state index is 4.72. The lowest BCUT2D eigenvalue weighted by Crippen LogP contribution is -2.25. The predicted octanol–water partition coefficient (Wildman–Crippen LogP) is 3.45. The van der Waals surface area contributed by atoms with E-state index in [1.807, 2.05) is 6.07 Å². The minimum Gasteiger partial charge on any atom is -0.370 e. The Kier molecular flexibility index (Phi) is 2.70. The molecule has 4 heteroatoms. The minimum atomic E-state index is 0.287. The Bertz CT molecular complexity index is 819. The Morgan fingerprint density at radius 1 is 1.24 bits per heavy atom. The zero-order valence-corrected chi connectivity index (χ0v) is 12.3. The molecule has 0 saturated heterocycles. The van der Waals surface area contributed by atoms with Crippen LogP contribution in [0, 0.1) is 13.8 Å². The van der Waals surface area contributed by atoms with Crippen molar-refractivity contribution in [2.45, 2.75) is 26.3 Å². The van der Waals surface area contributed by atoms with Gasteiger partial charge in [-0.15, -0.1) is 5.10 Å². The molecule has 4 rings (SSSR count). The molecule has 0 amide bonds. The van der Waals surface area contributed by atoms with Crippen molar-refractivity contribution in [3.8, 4) is 0 Å². The molecule has 0 saturated carbocycles. The van der Waals surface area contributed by atoms with Crippen molar-refractivity contribution in [2.75, 3.05) is 11.9 Å². The molecule has 1 aliphatic heterocycles.